The molecule has 7 nitrogen and oxygen atoms in total. The Labute approximate surface area is 156 Å². The molecule has 0 aromatic carbocycles. The number of thiophene rings is 1. The summed E-state index contributed by atoms with van der Waals surface area (Å²) in [5.74, 6) is 1.16. The minimum atomic E-state index is -0.0416. The summed E-state index contributed by atoms with van der Waals surface area (Å²) in [6.07, 6.45) is 6.21. The molecule has 0 spiro atoms. The van der Waals surface area contributed by atoms with Crippen molar-refractivity contribution in [2.75, 3.05) is 18.4 Å². The fourth-order valence-electron chi connectivity index (χ4n) is 4.16. The van der Waals surface area contributed by atoms with Gasteiger partial charge in [0.2, 0.25) is 0 Å². The first-order valence-electron chi connectivity index (χ1n) is 9.38. The molecule has 0 bridgehead atoms. The summed E-state index contributed by atoms with van der Waals surface area (Å²) in [6.45, 7) is 1.38. The summed E-state index contributed by atoms with van der Waals surface area (Å²) < 4.78 is 3.42. The Kier molecular flexibility index (Phi) is 4.84. The van der Waals surface area contributed by atoms with E-state index in [4.69, 9.17) is 0 Å². The topological polar surface area (TPSA) is 72.2 Å². The number of hydrogen-bond acceptors (Lipinski definition) is 4. The monoisotopic (exact) mass is 375 g/mol. The number of aryl methyl sites for hydroxylation is 1. The van der Waals surface area contributed by atoms with Crippen LogP contribution in [0.5, 0.6) is 0 Å². The predicted molar refractivity (Wildman–Crippen MR) is 102 cm³/mol. The highest BCUT2D eigenvalue weighted by Crippen LogP contribution is 2.33. The van der Waals surface area contributed by atoms with Gasteiger partial charge in [0.15, 0.2) is 0 Å². The number of carbonyl (C=O) groups is 1. The Morgan fingerprint density at radius 2 is 1.96 bits per heavy atom. The van der Waals surface area contributed by atoms with Crippen LogP contribution in [0.25, 0.3) is 0 Å². The molecule has 1 saturated carbocycles. The number of carbonyl (C=O) groups excluding carboxylic acids is 1. The van der Waals surface area contributed by atoms with Crippen LogP contribution in [-0.2, 0) is 7.05 Å². The van der Waals surface area contributed by atoms with Gasteiger partial charge in [0.05, 0.1) is 5.00 Å². The fraction of sp³-hybridized carbons (Fsp3) is 0.611. The maximum atomic E-state index is 12.6. The van der Waals surface area contributed by atoms with Gasteiger partial charge < -0.3 is 4.90 Å². The van der Waals surface area contributed by atoms with Crippen LogP contribution in [0.4, 0.5) is 9.80 Å². The fourth-order valence-corrected chi connectivity index (χ4v) is 4.76. The van der Waals surface area contributed by atoms with Gasteiger partial charge in [-0.15, -0.1) is 11.3 Å². The molecule has 2 fully saturated rings. The quantitative estimate of drug-likeness (QED) is 0.896. The van der Waals surface area contributed by atoms with Crippen LogP contribution < -0.4 is 11.0 Å². The largest absolute Gasteiger partial charge is 0.345 e. The van der Waals surface area contributed by atoms with Gasteiger partial charge >= 0.3 is 11.7 Å². The van der Waals surface area contributed by atoms with E-state index in [2.05, 4.69) is 10.4 Å². The van der Waals surface area contributed by atoms with Gasteiger partial charge in [0.1, 0.15) is 5.82 Å². The Hall–Kier alpha value is -2.09. The Morgan fingerprint density at radius 1 is 1.23 bits per heavy atom. The van der Waals surface area contributed by atoms with E-state index in [1.165, 1.54) is 28.9 Å². The van der Waals surface area contributed by atoms with E-state index in [1.54, 1.807) is 7.05 Å². The molecule has 8 heteroatoms. The van der Waals surface area contributed by atoms with Crippen molar-refractivity contribution in [1.29, 1.82) is 0 Å². The molecular formula is C18H25N5O2S. The molecular weight excluding hydrogens is 350 g/mol. The van der Waals surface area contributed by atoms with Gasteiger partial charge in [-0.3, -0.25) is 9.88 Å². The lowest BCUT2D eigenvalue weighted by molar-refractivity contribution is 0.192. The van der Waals surface area contributed by atoms with E-state index in [9.17, 15) is 9.59 Å². The van der Waals surface area contributed by atoms with Gasteiger partial charge in [-0.1, -0.05) is 12.8 Å². The van der Waals surface area contributed by atoms with Crippen LogP contribution in [0.2, 0.25) is 0 Å². The van der Waals surface area contributed by atoms with Crippen LogP contribution in [0.3, 0.4) is 0 Å². The van der Waals surface area contributed by atoms with Crippen LogP contribution in [0.1, 0.15) is 56.3 Å². The van der Waals surface area contributed by atoms with Crippen LogP contribution in [-0.4, -0.2) is 38.4 Å². The molecule has 0 radical (unpaired) electrons. The number of aromatic nitrogens is 3. The summed E-state index contributed by atoms with van der Waals surface area (Å²) in [5, 5.41) is 10.3. The number of hydrogen-bond donors (Lipinski definition) is 1. The second-order valence-corrected chi connectivity index (χ2v) is 8.19. The van der Waals surface area contributed by atoms with Crippen LogP contribution >= 0.6 is 11.3 Å². The maximum absolute atomic E-state index is 12.6. The molecule has 2 amide bonds. The Morgan fingerprint density at radius 3 is 2.62 bits per heavy atom. The van der Waals surface area contributed by atoms with Crippen molar-refractivity contribution in [3.8, 4) is 0 Å². The van der Waals surface area contributed by atoms with Gasteiger partial charge in [0.25, 0.3) is 0 Å². The lowest BCUT2D eigenvalue weighted by Gasteiger charge is -2.32. The Balaban J connectivity index is 1.44. The third kappa shape index (κ3) is 3.30. The summed E-state index contributed by atoms with van der Waals surface area (Å²) >= 11 is 1.52. The summed E-state index contributed by atoms with van der Waals surface area (Å²) in [5.41, 5.74) is 0.00441. The van der Waals surface area contributed by atoms with Crippen molar-refractivity contribution in [2.24, 2.45) is 7.05 Å². The SMILES string of the molecule is Cn1nc(C2CCN(C(=O)Nc3cccs3)CC2)n(C2CCCC2)c1=O. The van der Waals surface area contributed by atoms with E-state index in [1.807, 2.05) is 27.0 Å². The second-order valence-electron chi connectivity index (χ2n) is 7.24. The van der Waals surface area contributed by atoms with Crippen molar-refractivity contribution >= 4 is 22.4 Å². The molecule has 3 heterocycles. The van der Waals surface area contributed by atoms with Crippen molar-refractivity contribution in [3.05, 3.63) is 33.8 Å². The predicted octanol–water partition coefficient (Wildman–Crippen LogP) is 3.17. The number of likely N-dealkylation sites (tertiary alicyclic amines) is 1. The summed E-state index contributed by atoms with van der Waals surface area (Å²) in [6, 6.07) is 4.09. The highest BCUT2D eigenvalue weighted by molar-refractivity contribution is 7.14. The molecule has 1 saturated heterocycles. The van der Waals surface area contributed by atoms with E-state index in [0.717, 1.165) is 36.5 Å². The second kappa shape index (κ2) is 7.26. The number of rotatable bonds is 3. The van der Waals surface area contributed by atoms with Crippen LogP contribution in [0.15, 0.2) is 22.3 Å². The van der Waals surface area contributed by atoms with E-state index in [-0.39, 0.29) is 17.6 Å². The first-order valence-corrected chi connectivity index (χ1v) is 10.3. The molecule has 26 heavy (non-hydrogen) atoms. The first kappa shape index (κ1) is 17.3. The van der Waals surface area contributed by atoms with Crippen molar-refractivity contribution in [3.63, 3.8) is 0 Å². The first-order chi connectivity index (χ1) is 12.6. The molecule has 0 unspecified atom stereocenters. The van der Waals surface area contributed by atoms with E-state index < -0.39 is 0 Å². The molecule has 140 valence electrons. The van der Waals surface area contributed by atoms with E-state index in [0.29, 0.717) is 19.1 Å². The average molecular weight is 375 g/mol. The molecule has 2 aromatic heterocycles. The smallest absolute Gasteiger partial charge is 0.324 e. The molecule has 0 atom stereocenters. The molecule has 1 N–H and O–H groups in total. The number of amides is 2. The minimum absolute atomic E-state index is 0.00441. The molecule has 1 aliphatic heterocycles. The zero-order chi connectivity index (χ0) is 18.1. The highest BCUT2D eigenvalue weighted by Gasteiger charge is 2.31. The lowest BCUT2D eigenvalue weighted by atomic mass is 9.95. The molecule has 4 rings (SSSR count). The highest BCUT2D eigenvalue weighted by atomic mass is 32.1. The number of nitrogens with zero attached hydrogens (tertiary/aromatic N) is 4. The van der Waals surface area contributed by atoms with Crippen molar-refractivity contribution in [2.45, 2.75) is 50.5 Å². The average Bonchev–Trinajstić information content (AvgIpc) is 3.39. The molecule has 1 aliphatic carbocycles. The van der Waals surface area contributed by atoms with Crippen LogP contribution in [0, 0.1) is 0 Å². The number of nitrogens with one attached hydrogen (secondary N) is 1. The maximum Gasteiger partial charge on any atom is 0.345 e. The summed E-state index contributed by atoms with van der Waals surface area (Å²) in [4.78, 5) is 26.8. The van der Waals surface area contributed by atoms with Gasteiger partial charge in [0, 0.05) is 32.1 Å². The molecule has 2 aromatic rings. The zero-order valence-electron chi connectivity index (χ0n) is 15.1. The zero-order valence-corrected chi connectivity index (χ0v) is 15.9. The summed E-state index contributed by atoms with van der Waals surface area (Å²) in [7, 11) is 1.74. The number of piperidine rings is 1. The normalized spacial score (nSPS) is 19.2. The van der Waals surface area contributed by atoms with Crippen molar-refractivity contribution in [1.82, 2.24) is 19.2 Å². The van der Waals surface area contributed by atoms with Gasteiger partial charge in [-0.25, -0.2) is 14.3 Å². The van der Waals surface area contributed by atoms with E-state index >= 15 is 0 Å². The molecule has 2 aliphatic rings. The lowest BCUT2D eigenvalue weighted by Crippen LogP contribution is -2.41. The van der Waals surface area contributed by atoms with Gasteiger partial charge in [-0.2, -0.15) is 5.10 Å². The Bertz CT molecular complexity index is 811. The standard InChI is InChI=1S/C18H25N5O2S/c1-21-18(25)23(14-5-2-3-6-14)16(20-21)13-8-10-22(11-9-13)17(24)19-15-7-4-12-26-15/h4,7,12-14H,2-3,5-6,8-11H2,1H3,(H,19,24). The number of anilines is 1. The third-order valence-corrected chi connectivity index (χ3v) is 6.36. The minimum Gasteiger partial charge on any atom is -0.324 e. The van der Waals surface area contributed by atoms with Crippen molar-refractivity contribution < 1.29 is 4.79 Å². The van der Waals surface area contributed by atoms with Gasteiger partial charge in [-0.05, 0) is 43.2 Å². The third-order valence-electron chi connectivity index (χ3n) is 5.57. The number of urea groups is 1.